The zero-order valence-electron chi connectivity index (χ0n) is 9.06. The third-order valence-corrected chi connectivity index (χ3v) is 4.18. The van der Waals surface area contributed by atoms with Gasteiger partial charge in [0.25, 0.3) is 0 Å². The topological polar surface area (TPSA) is 36.7 Å². The number of piperidine rings is 2. The molecule has 4 saturated heterocycles. The normalized spacial score (nSPS) is 45.2. The molecule has 4 aliphatic rings. The van der Waals surface area contributed by atoms with Crippen molar-refractivity contribution >= 4 is 5.78 Å². The zero-order chi connectivity index (χ0) is 10.8. The lowest BCUT2D eigenvalue weighted by Gasteiger charge is -2.57. The molecule has 1 aromatic heterocycles. The van der Waals surface area contributed by atoms with Crippen LogP contribution in [0.15, 0.2) is 22.8 Å². The number of nitrogens with zero attached hydrogens (tertiary/aromatic N) is 2. The molecule has 16 heavy (non-hydrogen) atoms. The second-order valence-electron chi connectivity index (χ2n) is 5.29. The third kappa shape index (κ3) is 0.942. The van der Waals surface area contributed by atoms with Crippen molar-refractivity contribution in [3.8, 4) is 0 Å². The van der Waals surface area contributed by atoms with Crippen molar-refractivity contribution in [2.24, 2.45) is 5.92 Å². The lowest BCUT2D eigenvalue weighted by molar-refractivity contribution is -0.155. The Labute approximate surface area is 93.8 Å². The van der Waals surface area contributed by atoms with Gasteiger partial charge in [0.05, 0.1) is 12.9 Å². The van der Waals surface area contributed by atoms with Crippen LogP contribution in [0.3, 0.4) is 0 Å². The summed E-state index contributed by atoms with van der Waals surface area (Å²) in [5, 5.41) is 0. The molecule has 0 aromatic carbocycles. The molecule has 0 amide bonds. The SMILES string of the molecule is O=C1C2CN3CN(C2)CC1(c1ccco1)C3. The van der Waals surface area contributed by atoms with E-state index in [4.69, 9.17) is 4.42 Å². The molecule has 84 valence electrons. The van der Waals surface area contributed by atoms with E-state index in [2.05, 4.69) is 9.80 Å². The van der Waals surface area contributed by atoms with Crippen LogP contribution in [-0.2, 0) is 10.2 Å². The van der Waals surface area contributed by atoms with E-state index >= 15 is 0 Å². The molecule has 0 N–H and O–H groups in total. The van der Waals surface area contributed by atoms with Crippen LogP contribution in [0.4, 0.5) is 0 Å². The molecule has 4 nitrogen and oxygen atoms in total. The highest BCUT2D eigenvalue weighted by atomic mass is 16.3. The molecule has 4 bridgehead atoms. The van der Waals surface area contributed by atoms with E-state index in [0.717, 1.165) is 38.6 Å². The second-order valence-corrected chi connectivity index (χ2v) is 5.29. The Kier molecular flexibility index (Phi) is 1.54. The molecule has 1 aromatic rings. The number of carbonyl (C=O) groups is 1. The highest BCUT2D eigenvalue weighted by Crippen LogP contribution is 2.41. The first-order valence-corrected chi connectivity index (χ1v) is 5.81. The van der Waals surface area contributed by atoms with Gasteiger partial charge in [-0.15, -0.1) is 0 Å². The number of hydrogen-bond acceptors (Lipinski definition) is 4. The van der Waals surface area contributed by atoms with Crippen LogP contribution in [0, 0.1) is 5.92 Å². The molecule has 0 spiro atoms. The van der Waals surface area contributed by atoms with Crippen molar-refractivity contribution < 1.29 is 9.21 Å². The molecule has 5 rings (SSSR count). The summed E-state index contributed by atoms with van der Waals surface area (Å²) in [5.74, 6) is 1.45. The predicted octanol–water partition coefficient (Wildman–Crippen LogP) is 0.305. The van der Waals surface area contributed by atoms with Gasteiger partial charge in [-0.1, -0.05) is 0 Å². The summed E-state index contributed by atoms with van der Waals surface area (Å²) in [4.78, 5) is 17.2. The molecule has 0 radical (unpaired) electrons. The molecular weight excluding hydrogens is 204 g/mol. The fourth-order valence-electron chi connectivity index (χ4n) is 3.66. The molecule has 5 heterocycles. The minimum atomic E-state index is -0.372. The summed E-state index contributed by atoms with van der Waals surface area (Å²) in [7, 11) is 0. The predicted molar refractivity (Wildman–Crippen MR) is 56.9 cm³/mol. The number of hydrogen-bond donors (Lipinski definition) is 0. The molecule has 2 unspecified atom stereocenters. The van der Waals surface area contributed by atoms with Crippen LogP contribution in [0.1, 0.15) is 5.76 Å². The van der Waals surface area contributed by atoms with Crippen molar-refractivity contribution in [2.75, 3.05) is 32.8 Å². The number of furan rings is 1. The molecule has 2 atom stereocenters. The van der Waals surface area contributed by atoms with Crippen LogP contribution >= 0.6 is 0 Å². The molecule has 0 saturated carbocycles. The van der Waals surface area contributed by atoms with Gasteiger partial charge in [-0.3, -0.25) is 14.6 Å². The molecule has 4 aliphatic heterocycles. The second kappa shape index (κ2) is 2.76. The molecule has 0 aliphatic carbocycles. The number of carbonyl (C=O) groups excluding carboxylic acids is 1. The van der Waals surface area contributed by atoms with Crippen LogP contribution < -0.4 is 0 Å². The lowest BCUT2D eigenvalue weighted by Crippen LogP contribution is -2.73. The molecule has 4 fully saturated rings. The summed E-state index contributed by atoms with van der Waals surface area (Å²) in [5.41, 5.74) is -0.372. The number of rotatable bonds is 1. The summed E-state index contributed by atoms with van der Waals surface area (Å²) < 4.78 is 5.51. The Hall–Kier alpha value is -1.13. The molecule has 4 heteroatoms. The first-order valence-electron chi connectivity index (χ1n) is 5.81. The van der Waals surface area contributed by atoms with Crippen molar-refractivity contribution in [2.45, 2.75) is 5.41 Å². The minimum Gasteiger partial charge on any atom is -0.468 e. The Bertz CT molecular complexity index is 426. The maximum absolute atomic E-state index is 12.5. The van der Waals surface area contributed by atoms with Crippen molar-refractivity contribution in [3.05, 3.63) is 24.2 Å². The smallest absolute Gasteiger partial charge is 0.154 e. The summed E-state index contributed by atoms with van der Waals surface area (Å²) >= 11 is 0. The van der Waals surface area contributed by atoms with Gasteiger partial charge < -0.3 is 4.42 Å². The average Bonchev–Trinajstić information content (AvgIpc) is 2.78. The maximum Gasteiger partial charge on any atom is 0.154 e. The first kappa shape index (κ1) is 8.96. The Morgan fingerprint density at radius 3 is 2.69 bits per heavy atom. The van der Waals surface area contributed by atoms with Gasteiger partial charge in [-0.25, -0.2) is 0 Å². The van der Waals surface area contributed by atoms with E-state index < -0.39 is 0 Å². The minimum absolute atomic E-state index is 0.196. The van der Waals surface area contributed by atoms with Gasteiger partial charge in [0.1, 0.15) is 11.2 Å². The van der Waals surface area contributed by atoms with Crippen LogP contribution in [0.2, 0.25) is 0 Å². The summed E-state index contributed by atoms with van der Waals surface area (Å²) in [6.07, 6.45) is 1.67. The largest absolute Gasteiger partial charge is 0.468 e. The van der Waals surface area contributed by atoms with E-state index in [1.54, 1.807) is 6.26 Å². The van der Waals surface area contributed by atoms with E-state index in [1.807, 2.05) is 12.1 Å². The summed E-state index contributed by atoms with van der Waals surface area (Å²) in [6.45, 7) is 4.58. The third-order valence-electron chi connectivity index (χ3n) is 4.18. The van der Waals surface area contributed by atoms with Crippen molar-refractivity contribution in [1.29, 1.82) is 0 Å². The Morgan fingerprint density at radius 1 is 1.31 bits per heavy atom. The monoisotopic (exact) mass is 218 g/mol. The Balaban J connectivity index is 1.85. The molecular formula is C12H14N2O2. The quantitative estimate of drug-likeness (QED) is 0.679. The number of Topliss-reactive ketones (excluding diaryl/α,β-unsaturated/α-hetero) is 1. The lowest BCUT2D eigenvalue weighted by atomic mass is 9.67. The van der Waals surface area contributed by atoms with Gasteiger partial charge >= 0.3 is 0 Å². The standard InChI is InChI=1S/C12H14N2O2/c15-11-9-4-13-6-12(11,7-14(5-9)8-13)10-2-1-3-16-10/h1-3,9H,4-8H2. The van der Waals surface area contributed by atoms with Gasteiger partial charge in [0.15, 0.2) is 5.78 Å². The average molecular weight is 218 g/mol. The maximum atomic E-state index is 12.5. The van der Waals surface area contributed by atoms with Gasteiger partial charge in [0, 0.05) is 32.1 Å². The fourth-order valence-corrected chi connectivity index (χ4v) is 3.66. The van der Waals surface area contributed by atoms with E-state index in [1.165, 1.54) is 0 Å². The highest BCUT2D eigenvalue weighted by molar-refractivity contribution is 5.94. The highest BCUT2D eigenvalue weighted by Gasteiger charge is 2.57. The zero-order valence-corrected chi connectivity index (χ0v) is 9.06. The van der Waals surface area contributed by atoms with Gasteiger partial charge in [0.2, 0.25) is 0 Å². The number of ketones is 1. The van der Waals surface area contributed by atoms with Crippen molar-refractivity contribution in [3.63, 3.8) is 0 Å². The summed E-state index contributed by atoms with van der Waals surface area (Å²) in [6, 6.07) is 3.83. The van der Waals surface area contributed by atoms with E-state index in [0.29, 0.717) is 5.78 Å². The van der Waals surface area contributed by atoms with E-state index in [9.17, 15) is 4.79 Å². The Morgan fingerprint density at radius 2 is 2.06 bits per heavy atom. The van der Waals surface area contributed by atoms with Gasteiger partial charge in [-0.2, -0.15) is 0 Å². The first-order chi connectivity index (χ1) is 7.78. The van der Waals surface area contributed by atoms with Crippen LogP contribution in [-0.4, -0.2) is 48.4 Å². The van der Waals surface area contributed by atoms with Crippen molar-refractivity contribution in [1.82, 2.24) is 9.80 Å². The van der Waals surface area contributed by atoms with E-state index in [-0.39, 0.29) is 11.3 Å². The van der Waals surface area contributed by atoms with Crippen LogP contribution in [0.25, 0.3) is 0 Å². The fraction of sp³-hybridized carbons (Fsp3) is 0.583. The van der Waals surface area contributed by atoms with Gasteiger partial charge in [-0.05, 0) is 12.1 Å². The van der Waals surface area contributed by atoms with Crippen LogP contribution in [0.5, 0.6) is 0 Å².